The molecule has 0 aromatic carbocycles. The Balaban J connectivity index is 1.76. The van der Waals surface area contributed by atoms with E-state index in [-0.39, 0.29) is 17.9 Å². The van der Waals surface area contributed by atoms with Crippen molar-refractivity contribution in [2.24, 2.45) is 0 Å². The number of nitrogens with one attached hydrogen (secondary N) is 1. The number of fused-ring (bicyclic) bond motifs is 1. The molecule has 2 aromatic rings. The van der Waals surface area contributed by atoms with E-state index in [1.165, 1.54) is 18.4 Å². The van der Waals surface area contributed by atoms with Gasteiger partial charge >= 0.3 is 5.97 Å². The number of esters is 1. The van der Waals surface area contributed by atoms with Gasteiger partial charge in [0, 0.05) is 32.2 Å². The summed E-state index contributed by atoms with van der Waals surface area (Å²) in [5.41, 5.74) is 0.863. The highest BCUT2D eigenvalue weighted by atomic mass is 32.1. The summed E-state index contributed by atoms with van der Waals surface area (Å²) in [5, 5.41) is 3.94. The van der Waals surface area contributed by atoms with Crippen LogP contribution in [0.4, 0.5) is 5.82 Å². The van der Waals surface area contributed by atoms with Crippen molar-refractivity contribution in [1.82, 2.24) is 20.2 Å². The number of thiophene rings is 1. The quantitative estimate of drug-likeness (QED) is 0.718. The fraction of sp³-hybridized carbons (Fsp3) is 0.600. The van der Waals surface area contributed by atoms with Gasteiger partial charge in [-0.1, -0.05) is 6.92 Å². The zero-order chi connectivity index (χ0) is 21.1. The predicted molar refractivity (Wildman–Crippen MR) is 115 cm³/mol. The maximum absolute atomic E-state index is 12.2. The van der Waals surface area contributed by atoms with Crippen LogP contribution in [-0.4, -0.2) is 72.6 Å². The lowest BCUT2D eigenvalue weighted by molar-refractivity contribution is -0.122. The third kappa shape index (κ3) is 4.67. The second-order valence-corrected chi connectivity index (χ2v) is 8.46. The molecule has 1 aliphatic heterocycles. The van der Waals surface area contributed by atoms with Crippen LogP contribution in [0.2, 0.25) is 0 Å². The minimum atomic E-state index is -0.341. The molecule has 29 heavy (non-hydrogen) atoms. The summed E-state index contributed by atoms with van der Waals surface area (Å²) in [5.74, 6) is 1.27. The van der Waals surface area contributed by atoms with E-state index >= 15 is 0 Å². The summed E-state index contributed by atoms with van der Waals surface area (Å²) in [7, 11) is 1.39. The number of ether oxygens (including phenoxy) is 1. The van der Waals surface area contributed by atoms with Crippen LogP contribution in [0.15, 0.2) is 0 Å². The first-order valence-electron chi connectivity index (χ1n) is 9.96. The molecular formula is C20H29N5O3S. The van der Waals surface area contributed by atoms with Crippen LogP contribution in [0.1, 0.15) is 41.3 Å². The number of aromatic nitrogens is 2. The smallest absolute Gasteiger partial charge is 0.348 e. The Morgan fingerprint density at radius 3 is 2.52 bits per heavy atom. The summed E-state index contributed by atoms with van der Waals surface area (Å²) in [6.07, 6.45) is 0.927. The van der Waals surface area contributed by atoms with E-state index in [0.29, 0.717) is 17.2 Å². The Bertz CT molecular complexity index is 905. The van der Waals surface area contributed by atoms with Gasteiger partial charge in [-0.3, -0.25) is 9.69 Å². The molecule has 0 radical (unpaired) electrons. The lowest BCUT2D eigenvalue weighted by Gasteiger charge is -2.35. The topological polar surface area (TPSA) is 87.7 Å². The molecule has 1 saturated heterocycles. The van der Waals surface area contributed by atoms with E-state index < -0.39 is 0 Å². The number of nitrogens with zero attached hydrogens (tertiary/aromatic N) is 4. The Morgan fingerprint density at radius 1 is 1.21 bits per heavy atom. The lowest BCUT2D eigenvalue weighted by Crippen LogP contribution is -2.50. The van der Waals surface area contributed by atoms with E-state index in [2.05, 4.69) is 27.0 Å². The molecule has 0 unspecified atom stereocenters. The number of anilines is 1. The first-order valence-corrected chi connectivity index (χ1v) is 10.8. The first kappa shape index (κ1) is 21.4. The number of carbonyl (C=O) groups is 2. The predicted octanol–water partition coefficient (Wildman–Crippen LogP) is 2.13. The van der Waals surface area contributed by atoms with Crippen LogP contribution in [0.3, 0.4) is 0 Å². The number of amides is 1. The maximum Gasteiger partial charge on any atom is 0.348 e. The van der Waals surface area contributed by atoms with Gasteiger partial charge in [0.25, 0.3) is 0 Å². The highest BCUT2D eigenvalue weighted by Crippen LogP contribution is 2.36. The van der Waals surface area contributed by atoms with Crippen molar-refractivity contribution in [3.8, 4) is 0 Å². The van der Waals surface area contributed by atoms with E-state index in [0.717, 1.165) is 54.2 Å². The molecule has 0 spiro atoms. The average molecular weight is 420 g/mol. The van der Waals surface area contributed by atoms with Crippen molar-refractivity contribution in [1.29, 1.82) is 0 Å². The molecule has 0 saturated carbocycles. The molecule has 1 atom stereocenters. The normalized spacial score (nSPS) is 16.1. The van der Waals surface area contributed by atoms with E-state index in [4.69, 9.17) is 9.72 Å². The number of methoxy groups -OCH3 is 1. The van der Waals surface area contributed by atoms with Crippen LogP contribution in [0.25, 0.3) is 10.2 Å². The van der Waals surface area contributed by atoms with E-state index in [9.17, 15) is 9.59 Å². The van der Waals surface area contributed by atoms with Gasteiger partial charge in [-0.2, -0.15) is 0 Å². The standard InChI is InChI=1S/C20H29N5O3S/c1-6-12(2)21-15(26)11-24-7-9-25(10-8-24)18-16-13(3)17(20(27)28-5)29-19(16)23-14(4)22-18/h12H,6-11H2,1-5H3,(H,21,26)/t12-/m1/s1. The van der Waals surface area contributed by atoms with Crippen LogP contribution in [0.5, 0.6) is 0 Å². The van der Waals surface area contributed by atoms with Crippen molar-refractivity contribution in [3.05, 3.63) is 16.3 Å². The minimum absolute atomic E-state index is 0.0736. The molecule has 0 aliphatic carbocycles. The summed E-state index contributed by atoms with van der Waals surface area (Å²) < 4.78 is 4.91. The van der Waals surface area contributed by atoms with Crippen LogP contribution < -0.4 is 10.2 Å². The van der Waals surface area contributed by atoms with E-state index in [1.807, 2.05) is 20.8 Å². The molecule has 158 valence electrons. The molecule has 1 fully saturated rings. The monoisotopic (exact) mass is 419 g/mol. The van der Waals surface area contributed by atoms with Gasteiger partial charge in [-0.25, -0.2) is 14.8 Å². The summed E-state index contributed by atoms with van der Waals surface area (Å²) in [4.78, 5) is 39.3. The Labute approximate surface area is 175 Å². The van der Waals surface area contributed by atoms with Gasteiger partial charge in [0.15, 0.2) is 0 Å². The number of carbonyl (C=O) groups excluding carboxylic acids is 2. The number of hydrogen-bond donors (Lipinski definition) is 1. The molecule has 3 heterocycles. The summed E-state index contributed by atoms with van der Waals surface area (Å²) >= 11 is 1.35. The molecule has 9 heteroatoms. The Hall–Kier alpha value is -2.26. The lowest BCUT2D eigenvalue weighted by atomic mass is 10.1. The molecule has 8 nitrogen and oxygen atoms in total. The van der Waals surface area contributed by atoms with Crippen molar-refractivity contribution in [2.45, 2.75) is 40.2 Å². The van der Waals surface area contributed by atoms with Crippen LogP contribution >= 0.6 is 11.3 Å². The molecule has 1 aliphatic rings. The number of aryl methyl sites for hydroxylation is 2. The van der Waals surface area contributed by atoms with E-state index in [1.54, 1.807) is 0 Å². The molecule has 2 aromatic heterocycles. The highest BCUT2D eigenvalue weighted by Gasteiger charge is 2.26. The molecule has 1 amide bonds. The van der Waals surface area contributed by atoms with Gasteiger partial charge in [0.05, 0.1) is 19.0 Å². The van der Waals surface area contributed by atoms with Crippen molar-refractivity contribution < 1.29 is 14.3 Å². The molecule has 3 rings (SSSR count). The third-order valence-electron chi connectivity index (χ3n) is 5.31. The van der Waals surface area contributed by atoms with Gasteiger partial charge < -0.3 is 15.0 Å². The second-order valence-electron chi connectivity index (χ2n) is 7.46. The summed E-state index contributed by atoms with van der Waals surface area (Å²) in [6, 6.07) is 0.201. The SMILES string of the molecule is CC[C@@H](C)NC(=O)CN1CCN(c2nc(C)nc3sc(C(=O)OC)c(C)c23)CC1. The summed E-state index contributed by atoms with van der Waals surface area (Å²) in [6.45, 7) is 11.4. The number of piperazine rings is 1. The molecule has 1 N–H and O–H groups in total. The van der Waals surface area contributed by atoms with Crippen molar-refractivity contribution in [3.63, 3.8) is 0 Å². The van der Waals surface area contributed by atoms with Gasteiger partial charge in [0.1, 0.15) is 21.3 Å². The maximum atomic E-state index is 12.2. The molecule has 0 bridgehead atoms. The average Bonchev–Trinajstić information content (AvgIpc) is 3.03. The zero-order valence-electron chi connectivity index (χ0n) is 17.7. The third-order valence-corrected chi connectivity index (χ3v) is 6.48. The van der Waals surface area contributed by atoms with Gasteiger partial charge in [0.2, 0.25) is 5.91 Å². The fourth-order valence-electron chi connectivity index (χ4n) is 3.48. The second kappa shape index (κ2) is 9.04. The fourth-order valence-corrected chi connectivity index (χ4v) is 4.62. The minimum Gasteiger partial charge on any atom is -0.465 e. The Morgan fingerprint density at radius 2 is 1.90 bits per heavy atom. The van der Waals surface area contributed by atoms with Crippen LogP contribution in [-0.2, 0) is 9.53 Å². The van der Waals surface area contributed by atoms with Crippen molar-refractivity contribution >= 4 is 39.2 Å². The van der Waals surface area contributed by atoms with Crippen molar-refractivity contribution in [2.75, 3.05) is 44.7 Å². The van der Waals surface area contributed by atoms with Gasteiger partial charge in [-0.15, -0.1) is 11.3 Å². The number of hydrogen-bond acceptors (Lipinski definition) is 8. The zero-order valence-corrected chi connectivity index (χ0v) is 18.6. The Kier molecular flexibility index (Phi) is 6.69. The van der Waals surface area contributed by atoms with Gasteiger partial charge in [-0.05, 0) is 32.8 Å². The first-order chi connectivity index (χ1) is 13.8. The largest absolute Gasteiger partial charge is 0.465 e. The highest BCUT2D eigenvalue weighted by molar-refractivity contribution is 7.20. The van der Waals surface area contributed by atoms with Crippen LogP contribution in [0, 0.1) is 13.8 Å². The molecular weight excluding hydrogens is 390 g/mol. The number of rotatable bonds is 6.